The summed E-state index contributed by atoms with van der Waals surface area (Å²) in [6.45, 7) is 4.16. The summed E-state index contributed by atoms with van der Waals surface area (Å²) in [5.74, 6) is -2.23. The van der Waals surface area contributed by atoms with Crippen LogP contribution in [0.4, 0.5) is 4.79 Å². The molecular formula is C24H33NO5. The fourth-order valence-corrected chi connectivity index (χ4v) is 3.74. The Balaban J connectivity index is 2.04. The molecule has 6 heteroatoms. The summed E-state index contributed by atoms with van der Waals surface area (Å²) >= 11 is 0. The minimum absolute atomic E-state index is 0.0303. The number of cyclic esters (lactones) is 1. The van der Waals surface area contributed by atoms with Crippen LogP contribution in [0, 0.1) is 11.8 Å². The van der Waals surface area contributed by atoms with E-state index < -0.39 is 23.8 Å². The first-order chi connectivity index (χ1) is 14.5. The van der Waals surface area contributed by atoms with E-state index in [2.05, 4.69) is 6.92 Å². The van der Waals surface area contributed by atoms with Crippen molar-refractivity contribution in [1.29, 1.82) is 0 Å². The largest absolute Gasteiger partial charge is 0.447 e. The van der Waals surface area contributed by atoms with Crippen LogP contribution in [-0.2, 0) is 14.3 Å². The smallest absolute Gasteiger partial charge is 0.416 e. The van der Waals surface area contributed by atoms with Crippen molar-refractivity contribution >= 4 is 23.6 Å². The van der Waals surface area contributed by atoms with Gasteiger partial charge in [0.15, 0.2) is 5.78 Å². The van der Waals surface area contributed by atoms with Gasteiger partial charge in [0.25, 0.3) is 0 Å². The minimum atomic E-state index is -0.865. The van der Waals surface area contributed by atoms with Gasteiger partial charge >= 0.3 is 6.09 Å². The molecule has 0 aliphatic carbocycles. The highest BCUT2D eigenvalue weighted by atomic mass is 16.6. The molecule has 0 radical (unpaired) electrons. The van der Waals surface area contributed by atoms with Crippen LogP contribution in [0.25, 0.3) is 0 Å². The van der Waals surface area contributed by atoms with Gasteiger partial charge in [-0.3, -0.25) is 14.4 Å². The third-order valence-electron chi connectivity index (χ3n) is 5.73. The van der Waals surface area contributed by atoms with E-state index >= 15 is 0 Å². The molecule has 1 aromatic carbocycles. The van der Waals surface area contributed by atoms with Crippen molar-refractivity contribution in [2.45, 2.75) is 65.2 Å². The number of hydrogen-bond acceptors (Lipinski definition) is 5. The standard InChI is InChI=1S/C24H33NO5/c1-3-4-5-6-7-11-14-21(26)18(2)20(23(28)25-15-16-30-24(25)29)17-22(27)19-12-9-8-10-13-19/h8-10,12-13,18,20H,3-7,11,14-17H2,1-2H3. The van der Waals surface area contributed by atoms with Crippen molar-refractivity contribution < 1.29 is 23.9 Å². The zero-order valence-corrected chi connectivity index (χ0v) is 18.1. The fraction of sp³-hybridized carbons (Fsp3) is 0.583. The maximum Gasteiger partial charge on any atom is 0.416 e. The zero-order valence-electron chi connectivity index (χ0n) is 18.1. The second-order valence-electron chi connectivity index (χ2n) is 7.98. The molecule has 1 fully saturated rings. The average molecular weight is 416 g/mol. The predicted molar refractivity (Wildman–Crippen MR) is 114 cm³/mol. The van der Waals surface area contributed by atoms with E-state index in [9.17, 15) is 19.2 Å². The first-order valence-electron chi connectivity index (χ1n) is 11.0. The molecule has 164 valence electrons. The van der Waals surface area contributed by atoms with E-state index in [1.165, 1.54) is 19.3 Å². The van der Waals surface area contributed by atoms with Crippen molar-refractivity contribution in [2.24, 2.45) is 11.8 Å². The highest BCUT2D eigenvalue weighted by Crippen LogP contribution is 2.25. The van der Waals surface area contributed by atoms with E-state index in [1.807, 2.05) is 6.07 Å². The summed E-state index contributed by atoms with van der Waals surface area (Å²) in [7, 11) is 0. The van der Waals surface area contributed by atoms with Gasteiger partial charge in [0.2, 0.25) is 5.91 Å². The molecule has 1 saturated heterocycles. The van der Waals surface area contributed by atoms with E-state index in [-0.39, 0.29) is 31.1 Å². The monoisotopic (exact) mass is 415 g/mol. The number of ether oxygens (including phenoxy) is 1. The molecule has 0 bridgehead atoms. The quantitative estimate of drug-likeness (QED) is 0.341. The molecule has 6 nitrogen and oxygen atoms in total. The van der Waals surface area contributed by atoms with Crippen molar-refractivity contribution in [3.63, 3.8) is 0 Å². The molecule has 1 heterocycles. The molecule has 30 heavy (non-hydrogen) atoms. The lowest BCUT2D eigenvalue weighted by Crippen LogP contribution is -2.42. The Morgan fingerprint density at radius 2 is 1.70 bits per heavy atom. The third kappa shape index (κ3) is 6.78. The van der Waals surface area contributed by atoms with E-state index in [0.29, 0.717) is 12.0 Å². The average Bonchev–Trinajstić information content (AvgIpc) is 3.19. The normalized spacial score (nSPS) is 15.5. The van der Waals surface area contributed by atoms with Crippen LogP contribution in [0.15, 0.2) is 30.3 Å². The van der Waals surface area contributed by atoms with Crippen LogP contribution in [-0.4, -0.2) is 41.6 Å². The topological polar surface area (TPSA) is 80.8 Å². The fourth-order valence-electron chi connectivity index (χ4n) is 3.74. The Morgan fingerprint density at radius 3 is 2.33 bits per heavy atom. The Hall–Kier alpha value is -2.50. The number of rotatable bonds is 13. The van der Waals surface area contributed by atoms with Crippen molar-refractivity contribution in [1.82, 2.24) is 4.90 Å². The van der Waals surface area contributed by atoms with Gasteiger partial charge in [-0.1, -0.05) is 76.3 Å². The summed E-state index contributed by atoms with van der Waals surface area (Å²) in [5, 5.41) is 0. The molecular weight excluding hydrogens is 382 g/mol. The molecule has 0 aromatic heterocycles. The van der Waals surface area contributed by atoms with Gasteiger partial charge in [-0.05, 0) is 6.42 Å². The number of carbonyl (C=O) groups excluding carboxylic acids is 4. The number of ketones is 2. The minimum Gasteiger partial charge on any atom is -0.447 e. The maximum atomic E-state index is 13.0. The van der Waals surface area contributed by atoms with Crippen LogP contribution in [0.5, 0.6) is 0 Å². The third-order valence-corrected chi connectivity index (χ3v) is 5.73. The van der Waals surface area contributed by atoms with Crippen LogP contribution in [0.2, 0.25) is 0 Å². The Morgan fingerprint density at radius 1 is 1.03 bits per heavy atom. The van der Waals surface area contributed by atoms with Gasteiger partial charge in [0, 0.05) is 24.3 Å². The summed E-state index contributed by atoms with van der Waals surface area (Å²) in [4.78, 5) is 51.5. The molecule has 2 atom stereocenters. The highest BCUT2D eigenvalue weighted by molar-refractivity contribution is 6.02. The molecule has 1 aliphatic heterocycles. The first kappa shape index (κ1) is 23.8. The molecule has 1 aliphatic rings. The van der Waals surface area contributed by atoms with Crippen molar-refractivity contribution in [3.8, 4) is 0 Å². The molecule has 2 rings (SSSR count). The highest BCUT2D eigenvalue weighted by Gasteiger charge is 2.39. The predicted octanol–water partition coefficient (Wildman–Crippen LogP) is 4.81. The number of Topliss-reactive ketones (excluding diaryl/α,β-unsaturated/α-hetero) is 2. The zero-order chi connectivity index (χ0) is 21.9. The van der Waals surface area contributed by atoms with Crippen LogP contribution in [0.3, 0.4) is 0 Å². The Bertz CT molecular complexity index is 730. The van der Waals surface area contributed by atoms with Gasteiger partial charge in [-0.2, -0.15) is 0 Å². The molecule has 0 spiro atoms. The van der Waals surface area contributed by atoms with Crippen LogP contribution < -0.4 is 0 Å². The molecule has 1 aromatic rings. The Kier molecular flexibility index (Phi) is 9.71. The van der Waals surface area contributed by atoms with Gasteiger partial charge < -0.3 is 4.74 Å². The number of hydrogen-bond donors (Lipinski definition) is 0. The van der Waals surface area contributed by atoms with E-state index in [1.54, 1.807) is 31.2 Å². The molecule has 2 unspecified atom stereocenters. The first-order valence-corrected chi connectivity index (χ1v) is 11.0. The number of amides is 2. The summed E-state index contributed by atoms with van der Waals surface area (Å²) < 4.78 is 4.87. The lowest BCUT2D eigenvalue weighted by molar-refractivity contribution is -0.138. The summed E-state index contributed by atoms with van der Waals surface area (Å²) in [6, 6.07) is 8.71. The van der Waals surface area contributed by atoms with Gasteiger partial charge in [-0.15, -0.1) is 0 Å². The second kappa shape index (κ2) is 12.3. The number of benzene rings is 1. The van der Waals surface area contributed by atoms with Crippen molar-refractivity contribution in [2.75, 3.05) is 13.2 Å². The number of imide groups is 1. The van der Waals surface area contributed by atoms with Crippen LogP contribution >= 0.6 is 0 Å². The van der Waals surface area contributed by atoms with E-state index in [0.717, 1.165) is 24.2 Å². The summed E-state index contributed by atoms with van der Waals surface area (Å²) in [5.41, 5.74) is 0.495. The van der Waals surface area contributed by atoms with Gasteiger partial charge in [0.05, 0.1) is 12.5 Å². The number of nitrogens with zero attached hydrogens (tertiary/aromatic N) is 1. The molecule has 0 saturated carbocycles. The lowest BCUT2D eigenvalue weighted by Gasteiger charge is -2.24. The lowest BCUT2D eigenvalue weighted by atomic mass is 9.82. The SMILES string of the molecule is CCCCCCCCC(=O)C(C)C(CC(=O)c1ccccc1)C(=O)N1CCOC1=O. The summed E-state index contributed by atoms with van der Waals surface area (Å²) in [6.07, 6.45) is 6.01. The van der Waals surface area contributed by atoms with Crippen molar-refractivity contribution in [3.05, 3.63) is 35.9 Å². The van der Waals surface area contributed by atoms with Crippen LogP contribution in [0.1, 0.15) is 75.6 Å². The van der Waals surface area contributed by atoms with E-state index in [4.69, 9.17) is 4.74 Å². The second-order valence-corrected chi connectivity index (χ2v) is 7.98. The maximum absolute atomic E-state index is 13.0. The van der Waals surface area contributed by atoms with Gasteiger partial charge in [-0.25, -0.2) is 9.69 Å². The molecule has 2 amide bonds. The Labute approximate surface area is 179 Å². The number of unbranched alkanes of at least 4 members (excludes halogenated alkanes) is 5. The molecule has 0 N–H and O–H groups in total. The van der Waals surface area contributed by atoms with Gasteiger partial charge in [0.1, 0.15) is 12.4 Å². The number of carbonyl (C=O) groups is 4.